The molecule has 0 radical (unpaired) electrons. The minimum atomic E-state index is 0.600. The van der Waals surface area contributed by atoms with E-state index >= 15 is 0 Å². The molecular weight excluding hydrogens is 653 g/mol. The molecule has 0 N–H and O–H groups in total. The van der Waals surface area contributed by atoms with Gasteiger partial charge in [-0.3, -0.25) is 0 Å². The first-order valence-corrected chi connectivity index (χ1v) is 18.4. The minimum absolute atomic E-state index is 0.600. The van der Waals surface area contributed by atoms with Gasteiger partial charge in [0.05, 0.1) is 0 Å². The average Bonchev–Trinajstić information content (AvgIpc) is 3.61. The van der Waals surface area contributed by atoms with Gasteiger partial charge < -0.3 is 4.42 Å². The second-order valence-corrected chi connectivity index (χ2v) is 14.2. The molecule has 0 saturated carbocycles. The van der Waals surface area contributed by atoms with Crippen molar-refractivity contribution in [3.05, 3.63) is 146 Å². The van der Waals surface area contributed by atoms with Crippen molar-refractivity contribution in [3.63, 3.8) is 0 Å². The first-order chi connectivity index (χ1) is 26.3. The standard InChI is InChI=1S/C45H34B5N3O/c46-38-36(39(47)41(49)42(50)40(38)48)28-18-14-27(15-19-28)31-22-23-34-33(24-31)37-32(12-7-13-35(37)54-34)45-52-43(29-10-5-2-6-11-29)51-44(53-45)30-20-16-26(17-21-30)25-8-3-1-4-9-25/h1-24H,46-50H2. The molecule has 7 aromatic carbocycles. The topological polar surface area (TPSA) is 51.8 Å². The fourth-order valence-corrected chi connectivity index (χ4v) is 7.74. The molecule has 9 aromatic rings. The fraction of sp³-hybridized carbons (Fsp3) is 0. The number of hydrogen-bond donors (Lipinski definition) is 0. The summed E-state index contributed by atoms with van der Waals surface area (Å²) in [5.41, 5.74) is 18.3. The summed E-state index contributed by atoms with van der Waals surface area (Å²) >= 11 is 0. The summed E-state index contributed by atoms with van der Waals surface area (Å²) in [7, 11) is 11.2. The summed E-state index contributed by atoms with van der Waals surface area (Å²) in [4.78, 5) is 15.2. The van der Waals surface area contributed by atoms with Crippen LogP contribution in [0.25, 0.3) is 89.5 Å². The predicted molar refractivity (Wildman–Crippen MR) is 241 cm³/mol. The lowest BCUT2D eigenvalue weighted by atomic mass is 9.59. The third-order valence-electron chi connectivity index (χ3n) is 11.2. The van der Waals surface area contributed by atoms with Gasteiger partial charge in [-0.1, -0.05) is 138 Å². The lowest BCUT2D eigenvalue weighted by molar-refractivity contribution is 0.669. The van der Waals surface area contributed by atoms with E-state index in [4.69, 9.17) is 19.4 Å². The van der Waals surface area contributed by atoms with Crippen LogP contribution < -0.4 is 27.3 Å². The normalized spacial score (nSPS) is 11.3. The molecule has 9 rings (SSSR count). The van der Waals surface area contributed by atoms with Crippen LogP contribution in [0.15, 0.2) is 150 Å². The van der Waals surface area contributed by atoms with Crippen LogP contribution in [0.5, 0.6) is 0 Å². The van der Waals surface area contributed by atoms with E-state index in [2.05, 4.69) is 136 Å². The molecule has 0 atom stereocenters. The number of hydrogen-bond acceptors (Lipinski definition) is 4. The Balaban J connectivity index is 1.15. The number of furan rings is 1. The van der Waals surface area contributed by atoms with Gasteiger partial charge in [-0.05, 0) is 51.6 Å². The van der Waals surface area contributed by atoms with Gasteiger partial charge in [-0.25, -0.2) is 15.0 Å². The zero-order valence-corrected chi connectivity index (χ0v) is 31.1. The van der Waals surface area contributed by atoms with E-state index in [0.717, 1.165) is 55.3 Å². The van der Waals surface area contributed by atoms with Crippen LogP contribution in [-0.4, -0.2) is 54.2 Å². The van der Waals surface area contributed by atoms with E-state index in [1.54, 1.807) is 0 Å². The quantitative estimate of drug-likeness (QED) is 0.253. The van der Waals surface area contributed by atoms with Crippen LogP contribution in [-0.2, 0) is 0 Å². The maximum atomic E-state index is 6.45. The van der Waals surface area contributed by atoms with Crippen molar-refractivity contribution in [3.8, 4) is 67.5 Å². The average molecular weight is 687 g/mol. The Labute approximate surface area is 319 Å². The highest BCUT2D eigenvalue weighted by molar-refractivity contribution is 6.68. The van der Waals surface area contributed by atoms with Crippen LogP contribution in [0.2, 0.25) is 0 Å². The fourth-order valence-electron chi connectivity index (χ4n) is 7.74. The van der Waals surface area contributed by atoms with Crippen LogP contribution in [0.3, 0.4) is 0 Å². The Kier molecular flexibility index (Phi) is 8.43. The number of benzene rings is 7. The van der Waals surface area contributed by atoms with E-state index in [0.29, 0.717) is 17.5 Å². The molecule has 2 aromatic heterocycles. The highest BCUT2D eigenvalue weighted by Gasteiger charge is 2.19. The smallest absolute Gasteiger partial charge is 0.164 e. The number of rotatable bonds is 6. The molecule has 9 heteroatoms. The van der Waals surface area contributed by atoms with Gasteiger partial charge in [-0.2, -0.15) is 0 Å². The summed E-state index contributed by atoms with van der Waals surface area (Å²) in [6.45, 7) is 0. The monoisotopic (exact) mass is 687 g/mol. The van der Waals surface area contributed by atoms with Gasteiger partial charge in [-0.15, -0.1) is 16.4 Å². The van der Waals surface area contributed by atoms with Gasteiger partial charge in [0.2, 0.25) is 0 Å². The van der Waals surface area contributed by atoms with E-state index in [-0.39, 0.29) is 0 Å². The van der Waals surface area contributed by atoms with Crippen molar-refractivity contribution < 1.29 is 4.42 Å². The summed E-state index contributed by atoms with van der Waals surface area (Å²) < 4.78 is 6.45. The molecule has 4 nitrogen and oxygen atoms in total. The van der Waals surface area contributed by atoms with E-state index in [9.17, 15) is 0 Å². The van der Waals surface area contributed by atoms with Crippen LogP contribution >= 0.6 is 0 Å². The van der Waals surface area contributed by atoms with Crippen molar-refractivity contribution in [2.75, 3.05) is 0 Å². The molecule has 0 aliphatic heterocycles. The summed E-state index contributed by atoms with van der Waals surface area (Å²) in [5.74, 6) is 1.84. The molecule has 250 valence electrons. The highest BCUT2D eigenvalue weighted by Crippen LogP contribution is 2.38. The van der Waals surface area contributed by atoms with E-state index in [1.165, 1.54) is 44.0 Å². The first-order valence-electron chi connectivity index (χ1n) is 18.4. The molecule has 2 heterocycles. The number of aromatic nitrogens is 3. The van der Waals surface area contributed by atoms with Crippen LogP contribution in [0.4, 0.5) is 0 Å². The molecule has 0 spiro atoms. The lowest BCUT2D eigenvalue weighted by Crippen LogP contribution is -2.55. The highest BCUT2D eigenvalue weighted by atomic mass is 16.3. The number of fused-ring (bicyclic) bond motifs is 3. The summed E-state index contributed by atoms with van der Waals surface area (Å²) in [6.07, 6.45) is 0. The van der Waals surface area contributed by atoms with E-state index in [1.807, 2.05) is 48.5 Å². The predicted octanol–water partition coefficient (Wildman–Crippen LogP) is 3.07. The molecule has 0 aliphatic carbocycles. The molecule has 0 fully saturated rings. The van der Waals surface area contributed by atoms with Crippen LogP contribution in [0, 0.1) is 0 Å². The molecular formula is C45H34B5N3O. The lowest BCUT2D eigenvalue weighted by Gasteiger charge is -2.20. The van der Waals surface area contributed by atoms with Gasteiger partial charge >= 0.3 is 0 Å². The second-order valence-electron chi connectivity index (χ2n) is 14.2. The maximum absolute atomic E-state index is 6.45. The molecule has 0 saturated heterocycles. The largest absolute Gasteiger partial charge is 0.456 e. The molecule has 0 bridgehead atoms. The Morgan fingerprint density at radius 2 is 0.815 bits per heavy atom. The van der Waals surface area contributed by atoms with E-state index < -0.39 is 0 Å². The third-order valence-corrected chi connectivity index (χ3v) is 11.2. The Bertz CT molecular complexity index is 2830. The van der Waals surface area contributed by atoms with Gasteiger partial charge in [0.25, 0.3) is 0 Å². The minimum Gasteiger partial charge on any atom is -0.456 e. The van der Waals surface area contributed by atoms with Crippen molar-refractivity contribution >= 4 is 88.5 Å². The molecule has 54 heavy (non-hydrogen) atoms. The zero-order valence-electron chi connectivity index (χ0n) is 31.1. The van der Waals surface area contributed by atoms with Crippen molar-refractivity contribution in [2.24, 2.45) is 0 Å². The Hall–Kier alpha value is -6.33. The Morgan fingerprint density at radius 3 is 1.44 bits per heavy atom. The molecule has 0 aliphatic rings. The Morgan fingerprint density at radius 1 is 0.352 bits per heavy atom. The van der Waals surface area contributed by atoms with Gasteiger partial charge in [0.1, 0.15) is 50.4 Å². The zero-order chi connectivity index (χ0) is 36.9. The summed E-state index contributed by atoms with van der Waals surface area (Å²) in [6, 6.07) is 50.5. The first kappa shape index (κ1) is 33.5. The van der Waals surface area contributed by atoms with Crippen molar-refractivity contribution in [1.82, 2.24) is 15.0 Å². The van der Waals surface area contributed by atoms with Gasteiger partial charge in [0, 0.05) is 27.5 Å². The van der Waals surface area contributed by atoms with Crippen molar-refractivity contribution in [2.45, 2.75) is 0 Å². The third kappa shape index (κ3) is 5.86. The van der Waals surface area contributed by atoms with Crippen LogP contribution in [0.1, 0.15) is 0 Å². The number of nitrogens with zero attached hydrogens (tertiary/aromatic N) is 3. The van der Waals surface area contributed by atoms with Gasteiger partial charge in [0.15, 0.2) is 17.5 Å². The summed E-state index contributed by atoms with van der Waals surface area (Å²) in [5, 5.41) is 2.01. The molecule has 0 unspecified atom stereocenters. The van der Waals surface area contributed by atoms with Crippen molar-refractivity contribution in [1.29, 1.82) is 0 Å². The maximum Gasteiger partial charge on any atom is 0.164 e. The molecule has 0 amide bonds. The SMILES string of the molecule is Bc1c(B)c(B)c(-c2ccc(-c3ccc4oc5cccc(-c6nc(-c7ccccc7)nc(-c7ccc(-c8ccccc8)cc7)n6)c5c4c3)cc2)c(B)c1B. The second kappa shape index (κ2) is 13.6.